The summed E-state index contributed by atoms with van der Waals surface area (Å²) in [5.74, 6) is 0.765. The maximum atomic E-state index is 12.6. The topological polar surface area (TPSA) is 78.1 Å². The van der Waals surface area contributed by atoms with Crippen LogP contribution in [0.3, 0.4) is 0 Å². The van der Waals surface area contributed by atoms with Crippen molar-refractivity contribution in [1.82, 2.24) is 15.1 Å². The molecule has 0 radical (unpaired) electrons. The van der Waals surface area contributed by atoms with Gasteiger partial charge in [-0.05, 0) is 29.0 Å². The molecule has 2 amide bonds. The van der Waals surface area contributed by atoms with E-state index in [0.29, 0.717) is 36.8 Å². The summed E-state index contributed by atoms with van der Waals surface area (Å²) < 4.78 is 0. The minimum absolute atomic E-state index is 0.0456. The molecule has 0 saturated heterocycles. The molecule has 6 heteroatoms. The van der Waals surface area contributed by atoms with Gasteiger partial charge in [0.2, 0.25) is 5.91 Å². The van der Waals surface area contributed by atoms with Gasteiger partial charge in [0.05, 0.1) is 18.8 Å². The van der Waals surface area contributed by atoms with E-state index in [1.54, 1.807) is 4.90 Å². The van der Waals surface area contributed by atoms with Gasteiger partial charge in [-0.25, -0.2) is 0 Å². The van der Waals surface area contributed by atoms with Crippen molar-refractivity contribution in [2.75, 3.05) is 5.32 Å². The Morgan fingerprint density at radius 3 is 2.44 bits per heavy atom. The van der Waals surface area contributed by atoms with Crippen molar-refractivity contribution in [3.63, 3.8) is 0 Å². The first-order valence-corrected chi connectivity index (χ1v) is 9.41. The fraction of sp³-hybridized carbons (Fsp3) is 0.476. The molecule has 0 atom stereocenters. The summed E-state index contributed by atoms with van der Waals surface area (Å²) >= 11 is 0. The zero-order chi connectivity index (χ0) is 19.8. The number of rotatable bonds is 4. The molecule has 2 aromatic rings. The Labute approximate surface area is 160 Å². The maximum absolute atomic E-state index is 12.6. The van der Waals surface area contributed by atoms with E-state index in [-0.39, 0.29) is 17.2 Å². The number of carbonyl (C=O) groups excluding carboxylic acids is 2. The van der Waals surface area contributed by atoms with Gasteiger partial charge in [-0.2, -0.15) is 5.10 Å². The van der Waals surface area contributed by atoms with E-state index in [1.165, 1.54) is 5.56 Å². The SMILES string of the molecule is CC(C)CC(=O)N1Cc2[nH]nc(NC(=O)c3ccc(C(C)(C)C)cc3)c2C1. The molecule has 0 fully saturated rings. The molecule has 6 nitrogen and oxygen atoms in total. The van der Waals surface area contributed by atoms with Crippen LogP contribution in [0.15, 0.2) is 24.3 Å². The molecule has 27 heavy (non-hydrogen) atoms. The Morgan fingerprint density at radius 2 is 1.85 bits per heavy atom. The lowest BCUT2D eigenvalue weighted by molar-refractivity contribution is -0.132. The highest BCUT2D eigenvalue weighted by Crippen LogP contribution is 2.28. The molecule has 0 aliphatic carbocycles. The molecule has 1 aliphatic heterocycles. The Bertz CT molecular complexity index is 844. The minimum Gasteiger partial charge on any atom is -0.332 e. The fourth-order valence-electron chi connectivity index (χ4n) is 3.20. The average molecular weight is 368 g/mol. The van der Waals surface area contributed by atoms with E-state index in [2.05, 4.69) is 36.3 Å². The van der Waals surface area contributed by atoms with Gasteiger partial charge in [0.15, 0.2) is 5.82 Å². The maximum Gasteiger partial charge on any atom is 0.256 e. The number of H-pyrrole nitrogens is 1. The summed E-state index contributed by atoms with van der Waals surface area (Å²) in [4.78, 5) is 26.7. The summed E-state index contributed by atoms with van der Waals surface area (Å²) in [6, 6.07) is 7.63. The van der Waals surface area contributed by atoms with Crippen molar-refractivity contribution < 1.29 is 9.59 Å². The van der Waals surface area contributed by atoms with Crippen LogP contribution in [-0.4, -0.2) is 26.9 Å². The van der Waals surface area contributed by atoms with E-state index < -0.39 is 0 Å². The van der Waals surface area contributed by atoms with Gasteiger partial charge >= 0.3 is 0 Å². The number of fused-ring (bicyclic) bond motifs is 1. The van der Waals surface area contributed by atoms with Crippen LogP contribution in [-0.2, 0) is 23.3 Å². The number of amides is 2. The van der Waals surface area contributed by atoms with E-state index in [4.69, 9.17) is 0 Å². The molecule has 1 aromatic carbocycles. The number of aromatic amines is 1. The monoisotopic (exact) mass is 368 g/mol. The molecule has 1 aromatic heterocycles. The number of hydrogen-bond donors (Lipinski definition) is 2. The van der Waals surface area contributed by atoms with E-state index in [1.807, 2.05) is 38.1 Å². The van der Waals surface area contributed by atoms with Crippen LogP contribution in [0.4, 0.5) is 5.82 Å². The molecule has 3 rings (SSSR count). The average Bonchev–Trinajstić information content (AvgIpc) is 3.15. The van der Waals surface area contributed by atoms with Crippen LogP contribution in [0.1, 0.15) is 68.2 Å². The van der Waals surface area contributed by atoms with Crippen molar-refractivity contribution in [3.05, 3.63) is 46.6 Å². The highest BCUT2D eigenvalue weighted by Gasteiger charge is 2.29. The Balaban J connectivity index is 1.69. The second-order valence-corrected chi connectivity index (χ2v) is 8.66. The van der Waals surface area contributed by atoms with Crippen LogP contribution in [0.5, 0.6) is 0 Å². The molecule has 0 bridgehead atoms. The van der Waals surface area contributed by atoms with Gasteiger partial charge in [-0.1, -0.05) is 46.8 Å². The highest BCUT2D eigenvalue weighted by atomic mass is 16.2. The van der Waals surface area contributed by atoms with Crippen LogP contribution in [0.25, 0.3) is 0 Å². The lowest BCUT2D eigenvalue weighted by Gasteiger charge is -2.19. The van der Waals surface area contributed by atoms with Crippen LogP contribution < -0.4 is 5.32 Å². The normalized spacial score (nSPS) is 13.8. The third kappa shape index (κ3) is 4.21. The van der Waals surface area contributed by atoms with Gasteiger partial charge in [0.1, 0.15) is 0 Å². The molecule has 1 aliphatic rings. The van der Waals surface area contributed by atoms with Crippen LogP contribution in [0.2, 0.25) is 0 Å². The lowest BCUT2D eigenvalue weighted by Crippen LogP contribution is -2.27. The van der Waals surface area contributed by atoms with Crippen molar-refractivity contribution >= 4 is 17.6 Å². The van der Waals surface area contributed by atoms with E-state index in [9.17, 15) is 9.59 Å². The smallest absolute Gasteiger partial charge is 0.256 e. The Hall–Kier alpha value is -2.63. The highest BCUT2D eigenvalue weighted by molar-refractivity contribution is 6.04. The Morgan fingerprint density at radius 1 is 1.19 bits per heavy atom. The van der Waals surface area contributed by atoms with Crippen molar-refractivity contribution in [3.8, 4) is 0 Å². The first kappa shape index (κ1) is 19.1. The largest absolute Gasteiger partial charge is 0.332 e. The predicted molar refractivity (Wildman–Crippen MR) is 105 cm³/mol. The summed E-state index contributed by atoms with van der Waals surface area (Å²) in [5.41, 5.74) is 3.60. The van der Waals surface area contributed by atoms with Gasteiger partial charge < -0.3 is 10.2 Å². The molecule has 144 valence electrons. The zero-order valence-corrected chi connectivity index (χ0v) is 16.7. The van der Waals surface area contributed by atoms with Crippen LogP contribution in [0, 0.1) is 5.92 Å². The van der Waals surface area contributed by atoms with Gasteiger partial charge in [0, 0.05) is 17.5 Å². The van der Waals surface area contributed by atoms with E-state index in [0.717, 1.165) is 11.3 Å². The van der Waals surface area contributed by atoms with Crippen molar-refractivity contribution in [2.45, 2.75) is 59.5 Å². The molecule has 0 spiro atoms. The van der Waals surface area contributed by atoms with Crippen LogP contribution >= 0.6 is 0 Å². The molecule has 0 saturated carbocycles. The number of nitrogens with zero attached hydrogens (tertiary/aromatic N) is 2. The van der Waals surface area contributed by atoms with Gasteiger partial charge in [0.25, 0.3) is 5.91 Å². The number of hydrogen-bond acceptors (Lipinski definition) is 3. The number of aromatic nitrogens is 2. The van der Waals surface area contributed by atoms with Gasteiger partial charge in [-0.15, -0.1) is 0 Å². The van der Waals surface area contributed by atoms with Crippen molar-refractivity contribution in [1.29, 1.82) is 0 Å². The first-order chi connectivity index (χ1) is 12.6. The molecular formula is C21H28N4O2. The Kier molecular flexibility index (Phi) is 5.09. The first-order valence-electron chi connectivity index (χ1n) is 9.41. The third-order valence-electron chi connectivity index (χ3n) is 4.83. The number of carbonyl (C=O) groups is 2. The standard InChI is InChI=1S/C21H28N4O2/c1-13(2)10-18(26)25-11-16-17(12-25)23-24-19(16)22-20(27)14-6-8-15(9-7-14)21(3,4)5/h6-9,13H,10-12H2,1-5H3,(H2,22,23,24,27). The second-order valence-electron chi connectivity index (χ2n) is 8.66. The number of anilines is 1. The summed E-state index contributed by atoms with van der Waals surface area (Å²) in [5, 5.41) is 10.0. The quantitative estimate of drug-likeness (QED) is 0.860. The molecule has 0 unspecified atom stereocenters. The third-order valence-corrected chi connectivity index (χ3v) is 4.83. The van der Waals surface area contributed by atoms with E-state index >= 15 is 0 Å². The zero-order valence-electron chi connectivity index (χ0n) is 16.7. The van der Waals surface area contributed by atoms with Gasteiger partial charge in [-0.3, -0.25) is 14.7 Å². The molecule has 2 N–H and O–H groups in total. The second kappa shape index (κ2) is 7.18. The summed E-state index contributed by atoms with van der Waals surface area (Å²) in [6.45, 7) is 11.5. The number of benzene rings is 1. The molecule has 2 heterocycles. The predicted octanol–water partition coefficient (Wildman–Crippen LogP) is 3.85. The minimum atomic E-state index is -0.197. The summed E-state index contributed by atoms with van der Waals surface area (Å²) in [6.07, 6.45) is 0.527. The lowest BCUT2D eigenvalue weighted by atomic mass is 9.87. The molecular weight excluding hydrogens is 340 g/mol. The van der Waals surface area contributed by atoms with Crippen molar-refractivity contribution in [2.24, 2.45) is 5.92 Å². The fourth-order valence-corrected chi connectivity index (χ4v) is 3.20. The number of nitrogens with one attached hydrogen (secondary N) is 2. The summed E-state index contributed by atoms with van der Waals surface area (Å²) in [7, 11) is 0.